The topological polar surface area (TPSA) is 24.1 Å². The summed E-state index contributed by atoms with van der Waals surface area (Å²) in [5.74, 6) is 0. The first-order chi connectivity index (χ1) is 7.70. The summed E-state index contributed by atoms with van der Waals surface area (Å²) < 4.78 is 1.23. The highest BCUT2D eigenvalue weighted by molar-refractivity contribution is 9.10. The van der Waals surface area contributed by atoms with E-state index in [0.717, 1.165) is 19.6 Å². The van der Waals surface area contributed by atoms with Gasteiger partial charge in [0.15, 0.2) is 0 Å². The first-order valence-electron chi connectivity index (χ1n) is 5.86. The minimum atomic E-state index is 0.607. The molecule has 1 heterocycles. The standard InChI is InChI=1S/C12H21BrN2S/c1-10(2)15-7-4-3-6-14-9-12-11(13)5-8-16-12/h5,8,10,14-15H,3-4,6-7,9H2,1-2H3. The summed E-state index contributed by atoms with van der Waals surface area (Å²) in [5.41, 5.74) is 0. The second kappa shape index (κ2) is 8.23. The summed E-state index contributed by atoms with van der Waals surface area (Å²) in [7, 11) is 0. The van der Waals surface area contributed by atoms with Gasteiger partial charge in [-0.25, -0.2) is 0 Å². The van der Waals surface area contributed by atoms with Crippen LogP contribution in [0.3, 0.4) is 0 Å². The predicted molar refractivity (Wildman–Crippen MR) is 76.1 cm³/mol. The number of thiophene rings is 1. The third-order valence-corrected chi connectivity index (χ3v) is 4.24. The van der Waals surface area contributed by atoms with E-state index in [1.54, 1.807) is 11.3 Å². The van der Waals surface area contributed by atoms with Crippen molar-refractivity contribution in [3.05, 3.63) is 20.8 Å². The zero-order valence-corrected chi connectivity index (χ0v) is 12.5. The Labute approximate surface area is 111 Å². The van der Waals surface area contributed by atoms with Gasteiger partial charge in [-0.15, -0.1) is 11.3 Å². The van der Waals surface area contributed by atoms with Crippen LogP contribution in [0.15, 0.2) is 15.9 Å². The van der Waals surface area contributed by atoms with Crippen molar-refractivity contribution in [2.24, 2.45) is 0 Å². The van der Waals surface area contributed by atoms with Gasteiger partial charge in [-0.1, -0.05) is 13.8 Å². The van der Waals surface area contributed by atoms with Gasteiger partial charge in [-0.3, -0.25) is 0 Å². The average Bonchev–Trinajstić information content (AvgIpc) is 2.62. The predicted octanol–water partition coefficient (Wildman–Crippen LogP) is 3.38. The van der Waals surface area contributed by atoms with Crippen LogP contribution in [-0.4, -0.2) is 19.1 Å². The van der Waals surface area contributed by atoms with Crippen molar-refractivity contribution in [3.8, 4) is 0 Å². The van der Waals surface area contributed by atoms with Crippen molar-refractivity contribution in [1.29, 1.82) is 0 Å². The lowest BCUT2D eigenvalue weighted by Gasteiger charge is -2.08. The van der Waals surface area contributed by atoms with Crippen molar-refractivity contribution >= 4 is 27.3 Å². The highest BCUT2D eigenvalue weighted by atomic mass is 79.9. The highest BCUT2D eigenvalue weighted by Crippen LogP contribution is 2.21. The molecule has 0 saturated carbocycles. The molecule has 0 amide bonds. The number of unbranched alkanes of at least 4 members (excludes halogenated alkanes) is 1. The Kier molecular flexibility index (Phi) is 7.28. The number of rotatable bonds is 8. The lowest BCUT2D eigenvalue weighted by atomic mass is 10.3. The maximum Gasteiger partial charge on any atom is 0.0327 e. The third kappa shape index (κ3) is 5.99. The third-order valence-electron chi connectivity index (χ3n) is 2.31. The maximum absolute atomic E-state index is 3.54. The lowest BCUT2D eigenvalue weighted by Crippen LogP contribution is -2.24. The van der Waals surface area contributed by atoms with Gasteiger partial charge in [0, 0.05) is 21.9 Å². The highest BCUT2D eigenvalue weighted by Gasteiger charge is 1.99. The summed E-state index contributed by atoms with van der Waals surface area (Å²) in [4.78, 5) is 1.39. The van der Waals surface area contributed by atoms with Gasteiger partial charge in [0.1, 0.15) is 0 Å². The summed E-state index contributed by atoms with van der Waals surface area (Å²) in [5, 5.41) is 9.01. The van der Waals surface area contributed by atoms with Crippen LogP contribution in [0.2, 0.25) is 0 Å². The minimum absolute atomic E-state index is 0.607. The molecule has 0 aliphatic rings. The van der Waals surface area contributed by atoms with Crippen molar-refractivity contribution < 1.29 is 0 Å². The molecule has 0 aromatic carbocycles. The minimum Gasteiger partial charge on any atom is -0.315 e. The zero-order valence-electron chi connectivity index (χ0n) is 10.1. The quantitative estimate of drug-likeness (QED) is 0.720. The molecule has 0 spiro atoms. The molecule has 92 valence electrons. The Morgan fingerprint density at radius 3 is 2.69 bits per heavy atom. The van der Waals surface area contributed by atoms with E-state index in [-0.39, 0.29) is 0 Å². The summed E-state index contributed by atoms with van der Waals surface area (Å²) in [6.45, 7) is 7.58. The molecule has 4 heteroatoms. The number of hydrogen-bond acceptors (Lipinski definition) is 3. The van der Waals surface area contributed by atoms with E-state index >= 15 is 0 Å². The molecule has 0 fully saturated rings. The molecule has 2 N–H and O–H groups in total. The van der Waals surface area contributed by atoms with Gasteiger partial charge in [-0.2, -0.15) is 0 Å². The van der Waals surface area contributed by atoms with E-state index in [9.17, 15) is 0 Å². The Morgan fingerprint density at radius 2 is 2.06 bits per heavy atom. The molecule has 16 heavy (non-hydrogen) atoms. The summed E-state index contributed by atoms with van der Waals surface area (Å²) in [6.07, 6.45) is 2.49. The van der Waals surface area contributed by atoms with Crippen molar-refractivity contribution in [2.75, 3.05) is 13.1 Å². The second-order valence-electron chi connectivity index (χ2n) is 4.18. The van der Waals surface area contributed by atoms with Crippen LogP contribution < -0.4 is 10.6 Å². The monoisotopic (exact) mass is 304 g/mol. The molecule has 2 nitrogen and oxygen atoms in total. The summed E-state index contributed by atoms with van der Waals surface area (Å²) in [6, 6.07) is 2.71. The largest absolute Gasteiger partial charge is 0.315 e. The van der Waals surface area contributed by atoms with Crippen molar-refractivity contribution in [1.82, 2.24) is 10.6 Å². The van der Waals surface area contributed by atoms with Gasteiger partial charge in [0.05, 0.1) is 0 Å². The van der Waals surface area contributed by atoms with Crippen LogP contribution in [0.4, 0.5) is 0 Å². The van der Waals surface area contributed by atoms with Crippen LogP contribution in [0.5, 0.6) is 0 Å². The smallest absolute Gasteiger partial charge is 0.0327 e. The summed E-state index contributed by atoms with van der Waals surface area (Å²) >= 11 is 5.34. The van der Waals surface area contributed by atoms with E-state index in [2.05, 4.69) is 51.9 Å². The van der Waals surface area contributed by atoms with E-state index in [1.165, 1.54) is 22.2 Å². The molecular weight excluding hydrogens is 284 g/mol. The van der Waals surface area contributed by atoms with Gasteiger partial charge in [0.2, 0.25) is 0 Å². The van der Waals surface area contributed by atoms with Gasteiger partial charge >= 0.3 is 0 Å². The molecule has 1 aromatic rings. The number of halogens is 1. The average molecular weight is 305 g/mol. The van der Waals surface area contributed by atoms with Gasteiger partial charge in [0.25, 0.3) is 0 Å². The van der Waals surface area contributed by atoms with Gasteiger partial charge < -0.3 is 10.6 Å². The second-order valence-corrected chi connectivity index (χ2v) is 6.04. The fraction of sp³-hybridized carbons (Fsp3) is 0.667. The molecule has 0 saturated heterocycles. The van der Waals surface area contributed by atoms with E-state index in [0.29, 0.717) is 6.04 Å². The van der Waals surface area contributed by atoms with Crippen molar-refractivity contribution in [3.63, 3.8) is 0 Å². The maximum atomic E-state index is 3.54. The first kappa shape index (κ1) is 14.2. The fourth-order valence-electron chi connectivity index (χ4n) is 1.42. The van der Waals surface area contributed by atoms with E-state index < -0.39 is 0 Å². The lowest BCUT2D eigenvalue weighted by molar-refractivity contribution is 0.542. The molecule has 1 aromatic heterocycles. The SMILES string of the molecule is CC(C)NCCCCNCc1sccc1Br. The van der Waals surface area contributed by atoms with Crippen LogP contribution in [0.1, 0.15) is 31.6 Å². The Morgan fingerprint density at radius 1 is 1.31 bits per heavy atom. The number of nitrogens with one attached hydrogen (secondary N) is 2. The molecular formula is C12H21BrN2S. The van der Waals surface area contributed by atoms with Crippen LogP contribution in [0.25, 0.3) is 0 Å². The zero-order chi connectivity index (χ0) is 11.8. The van der Waals surface area contributed by atoms with Gasteiger partial charge in [-0.05, 0) is 53.3 Å². The molecule has 0 atom stereocenters. The molecule has 0 bridgehead atoms. The van der Waals surface area contributed by atoms with Crippen LogP contribution in [0, 0.1) is 0 Å². The van der Waals surface area contributed by atoms with Crippen molar-refractivity contribution in [2.45, 2.75) is 39.3 Å². The Hall–Kier alpha value is 0.100. The fourth-order valence-corrected chi connectivity index (χ4v) is 2.88. The molecule has 1 rings (SSSR count). The van der Waals surface area contributed by atoms with Crippen LogP contribution in [-0.2, 0) is 6.54 Å². The normalized spacial score (nSPS) is 11.2. The molecule has 0 unspecified atom stereocenters. The number of hydrogen-bond donors (Lipinski definition) is 2. The molecule has 0 aliphatic heterocycles. The van der Waals surface area contributed by atoms with E-state index in [1.807, 2.05) is 0 Å². The Balaban J connectivity index is 1.94. The van der Waals surface area contributed by atoms with Crippen LogP contribution >= 0.6 is 27.3 Å². The van der Waals surface area contributed by atoms with E-state index in [4.69, 9.17) is 0 Å². The Bertz CT molecular complexity index is 286. The first-order valence-corrected chi connectivity index (χ1v) is 7.53. The molecule has 0 aliphatic carbocycles. The molecule has 0 radical (unpaired) electrons.